The molecule has 0 spiro atoms. The molecule has 1 aromatic heterocycles. The molecule has 3 heterocycles. The smallest absolute Gasteiger partial charge is 0.147 e. The van der Waals surface area contributed by atoms with Crippen molar-refractivity contribution in [1.29, 1.82) is 0 Å². The number of piperazine rings is 1. The maximum absolute atomic E-state index is 6.26. The third-order valence-corrected chi connectivity index (χ3v) is 4.24. The molecule has 18 heavy (non-hydrogen) atoms. The molecule has 0 unspecified atom stereocenters. The molecular weight excluding hydrogens is 318 g/mol. The molecule has 2 aliphatic heterocycles. The molecule has 2 saturated heterocycles. The van der Waals surface area contributed by atoms with Crippen LogP contribution in [0, 0.1) is 0 Å². The Hall–Kier alpha value is -0.360. The van der Waals surface area contributed by atoms with Crippen molar-refractivity contribution in [2.75, 3.05) is 44.3 Å². The van der Waals surface area contributed by atoms with Crippen LogP contribution in [0.15, 0.2) is 16.7 Å². The van der Waals surface area contributed by atoms with Gasteiger partial charge in [-0.05, 0) is 22.0 Å². The highest BCUT2D eigenvalue weighted by Crippen LogP contribution is 2.28. The number of pyridine rings is 1. The van der Waals surface area contributed by atoms with Crippen molar-refractivity contribution in [3.63, 3.8) is 0 Å². The van der Waals surface area contributed by atoms with Gasteiger partial charge in [0.2, 0.25) is 0 Å². The minimum atomic E-state index is 0.467. The molecule has 2 aliphatic rings. The topological polar surface area (TPSA) is 28.6 Å². The van der Waals surface area contributed by atoms with Gasteiger partial charge in [-0.25, -0.2) is 4.98 Å². The summed E-state index contributed by atoms with van der Waals surface area (Å²) in [5.74, 6) is 0.880. The van der Waals surface area contributed by atoms with Gasteiger partial charge in [-0.3, -0.25) is 4.90 Å². The first-order chi connectivity index (χ1) is 8.74. The van der Waals surface area contributed by atoms with Crippen LogP contribution >= 0.6 is 27.5 Å². The average Bonchev–Trinajstić information content (AvgIpc) is 2.38. The van der Waals surface area contributed by atoms with Gasteiger partial charge in [0.15, 0.2) is 0 Å². The van der Waals surface area contributed by atoms with Crippen molar-refractivity contribution < 1.29 is 4.74 Å². The van der Waals surface area contributed by atoms with Crippen LogP contribution in [-0.4, -0.2) is 55.3 Å². The molecule has 1 atom stereocenters. The van der Waals surface area contributed by atoms with Crippen molar-refractivity contribution in [3.05, 3.63) is 21.8 Å². The van der Waals surface area contributed by atoms with Crippen molar-refractivity contribution in [3.8, 4) is 0 Å². The Balaban J connectivity index is 1.77. The molecule has 0 N–H and O–H groups in total. The van der Waals surface area contributed by atoms with Crippen LogP contribution in [0.25, 0.3) is 0 Å². The lowest BCUT2D eigenvalue weighted by molar-refractivity contribution is -0.0117. The molecule has 0 aromatic carbocycles. The van der Waals surface area contributed by atoms with Crippen LogP contribution in [0.1, 0.15) is 0 Å². The van der Waals surface area contributed by atoms with Gasteiger partial charge in [0, 0.05) is 36.8 Å². The Morgan fingerprint density at radius 3 is 3.11 bits per heavy atom. The highest BCUT2D eigenvalue weighted by molar-refractivity contribution is 9.10. The van der Waals surface area contributed by atoms with Crippen LogP contribution < -0.4 is 4.90 Å². The molecule has 0 aliphatic carbocycles. The van der Waals surface area contributed by atoms with E-state index in [-0.39, 0.29) is 0 Å². The minimum Gasteiger partial charge on any atom is -0.378 e. The molecule has 98 valence electrons. The predicted molar refractivity (Wildman–Crippen MR) is 75.3 cm³/mol. The van der Waals surface area contributed by atoms with E-state index in [0.717, 1.165) is 49.7 Å². The van der Waals surface area contributed by atoms with Crippen molar-refractivity contribution in [2.45, 2.75) is 6.04 Å². The van der Waals surface area contributed by atoms with Crippen LogP contribution in [0.3, 0.4) is 0 Å². The Morgan fingerprint density at radius 1 is 1.39 bits per heavy atom. The van der Waals surface area contributed by atoms with Gasteiger partial charge < -0.3 is 9.64 Å². The first-order valence-electron chi connectivity index (χ1n) is 6.12. The van der Waals surface area contributed by atoms with Crippen LogP contribution in [-0.2, 0) is 4.74 Å². The summed E-state index contributed by atoms with van der Waals surface area (Å²) >= 11 is 9.64. The molecule has 0 saturated carbocycles. The summed E-state index contributed by atoms with van der Waals surface area (Å²) in [5, 5.41) is 0.703. The van der Waals surface area contributed by atoms with Gasteiger partial charge in [0.25, 0.3) is 0 Å². The van der Waals surface area contributed by atoms with E-state index in [9.17, 15) is 0 Å². The molecule has 6 heteroatoms. The van der Waals surface area contributed by atoms with E-state index in [2.05, 4.69) is 30.7 Å². The number of nitrogens with zero attached hydrogens (tertiary/aromatic N) is 3. The number of halogens is 2. The number of rotatable bonds is 1. The second-order valence-corrected chi connectivity index (χ2v) is 5.99. The van der Waals surface area contributed by atoms with E-state index in [1.165, 1.54) is 0 Å². The average molecular weight is 333 g/mol. The summed E-state index contributed by atoms with van der Waals surface area (Å²) in [6.07, 6.45) is 1.80. The number of anilines is 1. The number of aromatic nitrogens is 1. The molecular formula is C12H15BrClN3O. The van der Waals surface area contributed by atoms with Gasteiger partial charge in [0.05, 0.1) is 24.3 Å². The molecule has 0 amide bonds. The van der Waals surface area contributed by atoms with E-state index in [1.807, 2.05) is 6.07 Å². The van der Waals surface area contributed by atoms with E-state index < -0.39 is 0 Å². The van der Waals surface area contributed by atoms with Crippen molar-refractivity contribution in [2.24, 2.45) is 0 Å². The Labute approximate surface area is 120 Å². The summed E-state index contributed by atoms with van der Waals surface area (Å²) in [6, 6.07) is 2.36. The monoisotopic (exact) mass is 331 g/mol. The third kappa shape index (κ3) is 2.50. The van der Waals surface area contributed by atoms with Crippen LogP contribution in [0.5, 0.6) is 0 Å². The highest BCUT2D eigenvalue weighted by Gasteiger charge is 2.30. The maximum atomic E-state index is 6.26. The fourth-order valence-electron chi connectivity index (χ4n) is 2.58. The number of fused-ring (bicyclic) bond motifs is 1. The van der Waals surface area contributed by atoms with E-state index >= 15 is 0 Å². The first-order valence-corrected chi connectivity index (χ1v) is 7.29. The second kappa shape index (κ2) is 5.33. The standard InChI is InChI=1S/C12H15BrClN3O/c13-9-5-11(14)12(15-6-9)17-2-1-16-3-4-18-8-10(16)7-17/h5-6,10H,1-4,7-8H2/t10-/m0/s1. The SMILES string of the molecule is Clc1cc(Br)cnc1N1CCN2CCOC[C@@H]2C1. The van der Waals surface area contributed by atoms with E-state index in [0.29, 0.717) is 11.1 Å². The molecule has 4 nitrogen and oxygen atoms in total. The lowest BCUT2D eigenvalue weighted by Gasteiger charge is -2.44. The first kappa shape index (κ1) is 12.7. The molecule has 0 radical (unpaired) electrons. The Bertz CT molecular complexity index is 445. The fourth-order valence-corrected chi connectivity index (χ4v) is 3.33. The molecule has 0 bridgehead atoms. The quantitative estimate of drug-likeness (QED) is 0.787. The molecule has 3 rings (SSSR count). The lowest BCUT2D eigenvalue weighted by atomic mass is 10.1. The summed E-state index contributed by atoms with van der Waals surface area (Å²) in [6.45, 7) is 5.68. The second-order valence-electron chi connectivity index (χ2n) is 4.67. The van der Waals surface area contributed by atoms with Gasteiger partial charge in [-0.1, -0.05) is 11.6 Å². The van der Waals surface area contributed by atoms with Crippen molar-refractivity contribution in [1.82, 2.24) is 9.88 Å². The highest BCUT2D eigenvalue weighted by atomic mass is 79.9. The summed E-state index contributed by atoms with van der Waals surface area (Å²) in [5.41, 5.74) is 0. The summed E-state index contributed by atoms with van der Waals surface area (Å²) in [7, 11) is 0. The maximum Gasteiger partial charge on any atom is 0.147 e. The van der Waals surface area contributed by atoms with Crippen LogP contribution in [0.2, 0.25) is 5.02 Å². The van der Waals surface area contributed by atoms with Gasteiger partial charge in [-0.2, -0.15) is 0 Å². The molecule has 1 aromatic rings. The molecule has 2 fully saturated rings. The minimum absolute atomic E-state index is 0.467. The lowest BCUT2D eigenvalue weighted by Crippen LogP contribution is -2.58. The normalized spacial score (nSPS) is 25.0. The Kier molecular flexibility index (Phi) is 3.75. The number of ether oxygens (including phenoxy) is 1. The van der Waals surface area contributed by atoms with Gasteiger partial charge in [0.1, 0.15) is 5.82 Å². The summed E-state index contributed by atoms with van der Waals surface area (Å²) < 4.78 is 6.46. The number of hydrogen-bond donors (Lipinski definition) is 0. The van der Waals surface area contributed by atoms with E-state index in [1.54, 1.807) is 6.20 Å². The number of hydrogen-bond acceptors (Lipinski definition) is 4. The number of morpholine rings is 1. The predicted octanol–water partition coefficient (Wildman–Crippen LogP) is 2.02. The third-order valence-electron chi connectivity index (χ3n) is 3.53. The fraction of sp³-hybridized carbons (Fsp3) is 0.583. The van der Waals surface area contributed by atoms with Gasteiger partial charge in [-0.15, -0.1) is 0 Å². The van der Waals surface area contributed by atoms with Crippen LogP contribution in [0.4, 0.5) is 5.82 Å². The summed E-state index contributed by atoms with van der Waals surface area (Å²) in [4.78, 5) is 9.17. The zero-order valence-electron chi connectivity index (χ0n) is 9.98. The van der Waals surface area contributed by atoms with Gasteiger partial charge >= 0.3 is 0 Å². The largest absolute Gasteiger partial charge is 0.378 e. The zero-order chi connectivity index (χ0) is 12.5. The Morgan fingerprint density at radius 2 is 2.28 bits per heavy atom. The zero-order valence-corrected chi connectivity index (χ0v) is 12.3. The van der Waals surface area contributed by atoms with Crippen molar-refractivity contribution >= 4 is 33.3 Å². The van der Waals surface area contributed by atoms with E-state index in [4.69, 9.17) is 16.3 Å².